The quantitative estimate of drug-likeness (QED) is 0.622. The summed E-state index contributed by atoms with van der Waals surface area (Å²) in [5.41, 5.74) is 1.54. The molecule has 3 aromatic rings. The maximum atomic E-state index is 13.2. The largest absolute Gasteiger partial charge is 0.503 e. The molecule has 0 saturated carbocycles. The molecule has 1 amide bonds. The molecular weight excluding hydrogens is 400 g/mol. The van der Waals surface area contributed by atoms with Gasteiger partial charge in [0, 0.05) is 5.69 Å². The molecule has 1 atom stereocenters. The number of anilines is 1. The molecule has 7 heteroatoms. The van der Waals surface area contributed by atoms with Crippen LogP contribution >= 0.6 is 11.3 Å². The van der Waals surface area contributed by atoms with Crippen LogP contribution in [0, 0.1) is 11.3 Å². The smallest absolute Gasteiger partial charge is 0.294 e. The van der Waals surface area contributed by atoms with Crippen LogP contribution in [0.4, 0.5) is 5.69 Å². The predicted molar refractivity (Wildman–Crippen MR) is 113 cm³/mol. The fourth-order valence-corrected chi connectivity index (χ4v) is 4.15. The molecule has 30 heavy (non-hydrogen) atoms. The Labute approximate surface area is 176 Å². The zero-order valence-corrected chi connectivity index (χ0v) is 16.7. The number of aliphatic hydroxyl groups is 1. The predicted octanol–water partition coefficient (Wildman–Crippen LogP) is 4.41. The highest BCUT2D eigenvalue weighted by atomic mass is 32.1. The van der Waals surface area contributed by atoms with E-state index < -0.39 is 23.5 Å². The van der Waals surface area contributed by atoms with E-state index in [-0.39, 0.29) is 5.57 Å². The summed E-state index contributed by atoms with van der Waals surface area (Å²) < 4.78 is 5.31. The molecule has 0 saturated heterocycles. The van der Waals surface area contributed by atoms with Crippen LogP contribution in [0.2, 0.25) is 0 Å². The van der Waals surface area contributed by atoms with Crippen LogP contribution in [0.5, 0.6) is 5.75 Å². The molecule has 0 bridgehead atoms. The Morgan fingerprint density at radius 2 is 1.93 bits per heavy atom. The topological polar surface area (TPSA) is 90.6 Å². The number of rotatable bonds is 5. The van der Waals surface area contributed by atoms with Crippen LogP contribution in [0.25, 0.3) is 0 Å². The zero-order valence-electron chi connectivity index (χ0n) is 15.9. The first-order valence-corrected chi connectivity index (χ1v) is 9.92. The molecule has 1 aliphatic rings. The lowest BCUT2D eigenvalue weighted by molar-refractivity contribution is -0.117. The number of carbonyl (C=O) groups is 2. The molecule has 6 nitrogen and oxygen atoms in total. The molecule has 1 N–H and O–H groups in total. The van der Waals surface area contributed by atoms with Crippen molar-refractivity contribution in [2.24, 2.45) is 0 Å². The van der Waals surface area contributed by atoms with Crippen LogP contribution in [-0.4, -0.2) is 23.9 Å². The maximum absolute atomic E-state index is 13.2. The number of ether oxygens (including phenoxy) is 1. The lowest BCUT2D eigenvalue weighted by Gasteiger charge is -2.27. The van der Waals surface area contributed by atoms with Gasteiger partial charge in [0.05, 0.1) is 35.2 Å². The fraction of sp³-hybridized carbons (Fsp3) is 0.0870. The van der Waals surface area contributed by atoms with Crippen LogP contribution < -0.4 is 9.64 Å². The van der Waals surface area contributed by atoms with Gasteiger partial charge in [-0.25, -0.2) is 0 Å². The van der Waals surface area contributed by atoms with Crippen LogP contribution in [0.1, 0.15) is 26.8 Å². The molecule has 0 aliphatic carbocycles. The van der Waals surface area contributed by atoms with E-state index in [1.54, 1.807) is 66.0 Å². The van der Waals surface area contributed by atoms with Gasteiger partial charge in [0.15, 0.2) is 5.76 Å². The van der Waals surface area contributed by atoms with Crippen molar-refractivity contribution in [2.45, 2.75) is 6.04 Å². The van der Waals surface area contributed by atoms with E-state index in [9.17, 15) is 14.7 Å². The normalized spacial score (nSPS) is 15.9. The number of amides is 1. The number of methoxy groups -OCH3 is 1. The molecular formula is C23H16N2O4S. The first kappa shape index (κ1) is 19.4. The number of nitriles is 1. The number of nitrogens with zero attached hydrogens (tertiary/aromatic N) is 2. The van der Waals surface area contributed by atoms with Gasteiger partial charge in [-0.3, -0.25) is 14.5 Å². The number of ketones is 1. The maximum Gasteiger partial charge on any atom is 0.294 e. The fourth-order valence-electron chi connectivity index (χ4n) is 3.47. The van der Waals surface area contributed by atoms with E-state index in [0.29, 0.717) is 27.4 Å². The average molecular weight is 416 g/mol. The third-order valence-electron chi connectivity index (χ3n) is 4.88. The van der Waals surface area contributed by atoms with Crippen molar-refractivity contribution in [3.05, 3.63) is 93.4 Å². The van der Waals surface area contributed by atoms with E-state index in [1.165, 1.54) is 23.3 Å². The minimum atomic E-state index is -0.838. The summed E-state index contributed by atoms with van der Waals surface area (Å²) in [5, 5.41) is 21.5. The second-order valence-corrected chi connectivity index (χ2v) is 7.53. The van der Waals surface area contributed by atoms with Crippen molar-refractivity contribution < 1.29 is 19.4 Å². The van der Waals surface area contributed by atoms with Crippen molar-refractivity contribution >= 4 is 28.7 Å². The Morgan fingerprint density at radius 1 is 1.17 bits per heavy atom. The van der Waals surface area contributed by atoms with Crippen molar-refractivity contribution in [2.75, 3.05) is 12.0 Å². The van der Waals surface area contributed by atoms with Gasteiger partial charge in [0.1, 0.15) is 5.75 Å². The summed E-state index contributed by atoms with van der Waals surface area (Å²) in [6.45, 7) is 0. The molecule has 2 aromatic carbocycles. The second kappa shape index (κ2) is 7.85. The summed E-state index contributed by atoms with van der Waals surface area (Å²) in [7, 11) is 1.53. The lowest BCUT2D eigenvalue weighted by Crippen LogP contribution is -2.31. The van der Waals surface area contributed by atoms with Gasteiger partial charge in [0.2, 0.25) is 5.78 Å². The number of aliphatic hydroxyl groups excluding tert-OH is 1. The monoisotopic (exact) mass is 416 g/mol. The number of hydrogen-bond acceptors (Lipinski definition) is 6. The Kier molecular flexibility index (Phi) is 5.09. The van der Waals surface area contributed by atoms with Gasteiger partial charge < -0.3 is 9.84 Å². The molecule has 2 heterocycles. The number of carbonyl (C=O) groups excluding carboxylic acids is 2. The van der Waals surface area contributed by atoms with Crippen LogP contribution in [-0.2, 0) is 4.79 Å². The molecule has 148 valence electrons. The Hall–Kier alpha value is -3.89. The molecule has 1 unspecified atom stereocenters. The van der Waals surface area contributed by atoms with Gasteiger partial charge in [-0.05, 0) is 53.4 Å². The number of hydrogen-bond donors (Lipinski definition) is 1. The standard InChI is InChI=1S/C23H16N2O4S/c1-29-17-5-2-4-15(12-17)20-19(21(26)18-6-3-11-30-18)22(27)23(28)25(20)16-9-7-14(13-24)8-10-16/h2-12,20,27H,1H3. The van der Waals surface area contributed by atoms with Gasteiger partial charge in [-0.2, -0.15) is 5.26 Å². The van der Waals surface area contributed by atoms with Gasteiger partial charge in [-0.15, -0.1) is 11.3 Å². The third-order valence-corrected chi connectivity index (χ3v) is 5.75. The third kappa shape index (κ3) is 3.23. The minimum absolute atomic E-state index is 0.0139. The minimum Gasteiger partial charge on any atom is -0.503 e. The van der Waals surface area contributed by atoms with Crippen LogP contribution in [0.15, 0.2) is 77.4 Å². The summed E-state index contributed by atoms with van der Waals surface area (Å²) in [4.78, 5) is 28.1. The van der Waals surface area contributed by atoms with Gasteiger partial charge in [0.25, 0.3) is 5.91 Å². The highest BCUT2D eigenvalue weighted by Crippen LogP contribution is 2.42. The second-order valence-electron chi connectivity index (χ2n) is 6.58. The highest BCUT2D eigenvalue weighted by molar-refractivity contribution is 7.12. The van der Waals surface area contributed by atoms with E-state index in [1.807, 2.05) is 6.07 Å². The number of benzene rings is 2. The van der Waals surface area contributed by atoms with Crippen molar-refractivity contribution in [1.29, 1.82) is 5.26 Å². The van der Waals surface area contributed by atoms with Crippen molar-refractivity contribution in [3.8, 4) is 11.8 Å². The SMILES string of the molecule is COc1cccc(C2C(C(=O)c3cccs3)=C(O)C(=O)N2c2ccc(C#N)cc2)c1. The van der Waals surface area contributed by atoms with Crippen molar-refractivity contribution in [3.63, 3.8) is 0 Å². The first-order chi connectivity index (χ1) is 14.5. The first-order valence-electron chi connectivity index (χ1n) is 9.04. The molecule has 1 aliphatic heterocycles. The molecule has 4 rings (SSSR count). The lowest BCUT2D eigenvalue weighted by atomic mass is 9.95. The average Bonchev–Trinajstić information content (AvgIpc) is 3.41. The molecule has 0 spiro atoms. The summed E-state index contributed by atoms with van der Waals surface area (Å²) in [5.74, 6) is -1.09. The molecule has 0 radical (unpaired) electrons. The van der Waals surface area contributed by atoms with Gasteiger partial charge >= 0.3 is 0 Å². The molecule has 1 aromatic heterocycles. The molecule has 0 fully saturated rings. The van der Waals surface area contributed by atoms with E-state index in [4.69, 9.17) is 10.00 Å². The van der Waals surface area contributed by atoms with E-state index >= 15 is 0 Å². The Balaban J connectivity index is 1.88. The Bertz CT molecular complexity index is 1190. The van der Waals surface area contributed by atoms with E-state index in [2.05, 4.69) is 0 Å². The zero-order chi connectivity index (χ0) is 21.3. The summed E-state index contributed by atoms with van der Waals surface area (Å²) >= 11 is 1.24. The van der Waals surface area contributed by atoms with Crippen molar-refractivity contribution in [1.82, 2.24) is 0 Å². The van der Waals surface area contributed by atoms with E-state index in [0.717, 1.165) is 0 Å². The number of Topliss-reactive ketones (excluding diaryl/α,β-unsaturated/α-hetero) is 1. The van der Waals surface area contributed by atoms with Gasteiger partial charge in [-0.1, -0.05) is 18.2 Å². The van der Waals surface area contributed by atoms with Crippen LogP contribution in [0.3, 0.4) is 0 Å². The number of thiophene rings is 1. The summed E-state index contributed by atoms with van der Waals surface area (Å²) in [6, 6.07) is 18.0. The Morgan fingerprint density at radius 3 is 2.57 bits per heavy atom. The highest BCUT2D eigenvalue weighted by Gasteiger charge is 2.44. The summed E-state index contributed by atoms with van der Waals surface area (Å²) in [6.07, 6.45) is 0.